The van der Waals surface area contributed by atoms with E-state index in [4.69, 9.17) is 0 Å². The van der Waals surface area contributed by atoms with Gasteiger partial charge in [0.2, 0.25) is 0 Å². The quantitative estimate of drug-likeness (QED) is 0.263. The van der Waals surface area contributed by atoms with Gasteiger partial charge in [-0.05, 0) is 11.0 Å². The first-order chi connectivity index (χ1) is 0. The summed E-state index contributed by atoms with van der Waals surface area (Å²) in [6.45, 7) is 0. The first-order valence-electron chi connectivity index (χ1n) is 0. The van der Waals surface area contributed by atoms with Crippen molar-refractivity contribution < 1.29 is 18.9 Å². The first kappa shape index (κ1) is 320. The van der Waals surface area contributed by atoms with Crippen LogP contribution in [0.15, 0.2) is 0 Å². The summed E-state index contributed by atoms with van der Waals surface area (Å²) in [7, 11) is 0. The van der Waals surface area contributed by atoms with E-state index in [0.29, 0.717) is 0 Å². The summed E-state index contributed by atoms with van der Waals surface area (Å²) in [4.78, 5) is 0. The molecule has 0 amide bonds. The van der Waals surface area contributed by atoms with Gasteiger partial charge >= 0.3 is 18.9 Å². The van der Waals surface area contributed by atoms with Crippen molar-refractivity contribution in [1.82, 2.24) is 0 Å². The van der Waals surface area contributed by atoms with E-state index in [0.717, 1.165) is 0 Å². The Hall–Kier alpha value is 1.14. The van der Waals surface area contributed by atoms with Crippen molar-refractivity contribution in [3.63, 3.8) is 0 Å². The normalized spacial score (nSPS) is 0. The molecule has 0 aliphatic heterocycles. The zero-order valence-corrected chi connectivity index (χ0v) is 3.31. The van der Waals surface area contributed by atoms with Gasteiger partial charge in [-0.3, -0.25) is 0 Å². The molecule has 0 aliphatic rings. The SMILES string of the molecule is [BH4-].[B].[B].[B].[B].[Li+].[SiH4]. The van der Waals surface area contributed by atoms with Gasteiger partial charge in [-0.2, -0.15) is 0 Å². The zero-order valence-electron chi connectivity index (χ0n) is 3.31. The molecule has 0 aliphatic carbocycles. The summed E-state index contributed by atoms with van der Waals surface area (Å²) in [5, 5.41) is 0. The Labute approximate surface area is 72.1 Å². The van der Waals surface area contributed by atoms with Crippen molar-refractivity contribution in [3.05, 3.63) is 0 Å². The van der Waals surface area contributed by atoms with Crippen LogP contribution in [0.25, 0.3) is 0 Å². The van der Waals surface area contributed by atoms with Crippen LogP contribution < -0.4 is 18.9 Å². The molecule has 0 nitrogen and oxygen atoms in total. The Morgan fingerprint density at radius 3 is 0.571 bits per heavy atom. The van der Waals surface area contributed by atoms with E-state index in [2.05, 4.69) is 0 Å². The maximum absolute atomic E-state index is 0. The summed E-state index contributed by atoms with van der Waals surface area (Å²) in [6.07, 6.45) is 0. The summed E-state index contributed by atoms with van der Waals surface area (Å²) >= 11 is 0. The molecule has 0 aromatic rings. The Balaban J connectivity index is 0. The van der Waals surface area contributed by atoms with Gasteiger partial charge in [0.15, 0.2) is 0 Å². The van der Waals surface area contributed by atoms with Crippen LogP contribution in [0.3, 0.4) is 0 Å². The Bertz CT molecular complexity index is 8.04. The number of hydrogen-bond acceptors (Lipinski definition) is 0. The first-order valence-corrected chi connectivity index (χ1v) is 0. The van der Waals surface area contributed by atoms with Crippen LogP contribution in [0.4, 0.5) is 0 Å². The van der Waals surface area contributed by atoms with E-state index >= 15 is 0 Å². The van der Waals surface area contributed by atoms with Crippen LogP contribution in [-0.2, 0) is 0 Å². The molecule has 0 bridgehead atoms. The van der Waals surface area contributed by atoms with Gasteiger partial charge < -0.3 is 0 Å². The van der Waals surface area contributed by atoms with E-state index in [1.807, 2.05) is 0 Å². The molecule has 0 aromatic carbocycles. The van der Waals surface area contributed by atoms with Gasteiger partial charge in [-0.25, -0.2) is 0 Å². The van der Waals surface area contributed by atoms with Gasteiger partial charge in [0.1, 0.15) is 0 Å². The maximum atomic E-state index is 0. The molecule has 7 heavy (non-hydrogen) atoms. The summed E-state index contributed by atoms with van der Waals surface area (Å²) < 4.78 is 0. The number of rotatable bonds is 0. The molecule has 28 valence electrons. The van der Waals surface area contributed by atoms with Crippen molar-refractivity contribution in [1.29, 1.82) is 0 Å². The molecule has 0 saturated carbocycles. The summed E-state index contributed by atoms with van der Waals surface area (Å²) in [5.41, 5.74) is 0. The van der Waals surface area contributed by atoms with Crippen LogP contribution in [0.1, 0.15) is 0 Å². The van der Waals surface area contributed by atoms with Crippen LogP contribution in [0.2, 0.25) is 0 Å². The third kappa shape index (κ3) is 145. The van der Waals surface area contributed by atoms with Crippen molar-refractivity contribution in [2.75, 3.05) is 0 Å². The molecule has 0 N–H and O–H groups in total. The minimum absolute atomic E-state index is 0. The largest absolute Gasteiger partial charge is 1.00 e. The summed E-state index contributed by atoms with van der Waals surface area (Å²) in [6, 6.07) is 0. The second kappa shape index (κ2) is 207. The van der Waals surface area contributed by atoms with Crippen LogP contribution in [0.5, 0.6) is 0 Å². The molecule has 0 fully saturated rings. The van der Waals surface area contributed by atoms with Crippen LogP contribution >= 0.6 is 0 Å². The standard InChI is InChI=1S/BH4.4B.Li.H4Si/h1H4;;;;;;1H4/q-1;;;;;+1;. The van der Waals surface area contributed by atoms with E-state index in [-0.39, 0.29) is 71.9 Å². The fourth-order valence-corrected chi connectivity index (χ4v) is 0. The fraction of sp³-hybridized carbons (Fsp3) is 0. The second-order valence-corrected chi connectivity index (χ2v) is 0. The molecular formula is H8B5LiSi. The molecule has 0 rings (SSSR count). The molecule has 0 spiro atoms. The third-order valence-electron chi connectivity index (χ3n) is 0. The molecule has 0 atom stereocenters. The average Bonchev–Trinajstić information content (AvgIpc) is 0. The smallest absolute Gasteiger partial charge is 0.0626 e. The molecule has 0 aromatic heterocycles. The van der Waals surface area contributed by atoms with Crippen molar-refractivity contribution in [2.24, 2.45) is 0 Å². The minimum Gasteiger partial charge on any atom is -0.0626 e. The van der Waals surface area contributed by atoms with Gasteiger partial charge in [-0.15, -0.1) is 0 Å². The Morgan fingerprint density at radius 1 is 0.571 bits per heavy atom. The predicted octanol–water partition coefficient (Wildman–Crippen LogP) is -7.42. The Morgan fingerprint density at radius 2 is 0.571 bits per heavy atom. The maximum Gasteiger partial charge on any atom is 1.00 e. The number of hydrogen-bond donors (Lipinski definition) is 0. The van der Waals surface area contributed by atoms with Crippen molar-refractivity contribution in [3.8, 4) is 0 Å². The van der Waals surface area contributed by atoms with E-state index in [1.165, 1.54) is 0 Å². The van der Waals surface area contributed by atoms with Crippen LogP contribution in [0, 0.1) is 0 Å². The molecule has 12 radical (unpaired) electrons. The van der Waals surface area contributed by atoms with Gasteiger partial charge in [0.05, 0.1) is 0 Å². The molecule has 7 heteroatoms. The van der Waals surface area contributed by atoms with E-state index in [1.54, 1.807) is 0 Å². The van der Waals surface area contributed by atoms with E-state index < -0.39 is 0 Å². The van der Waals surface area contributed by atoms with Crippen molar-refractivity contribution in [2.45, 2.75) is 0 Å². The Kier molecular flexibility index (Phi) is 9470. The predicted molar refractivity (Wildman–Crippen MR) is 45.7 cm³/mol. The van der Waals surface area contributed by atoms with Gasteiger partial charge in [0, 0.05) is 33.7 Å². The van der Waals surface area contributed by atoms with Crippen molar-refractivity contribution >= 4 is 53.0 Å². The average molecular weight is 97.2 g/mol. The van der Waals surface area contributed by atoms with Crippen LogP contribution in [-0.4, -0.2) is 53.0 Å². The second-order valence-electron chi connectivity index (χ2n) is 0. The topological polar surface area (TPSA) is 0 Å². The minimum atomic E-state index is 0. The summed E-state index contributed by atoms with van der Waals surface area (Å²) in [5.74, 6) is 0. The monoisotopic (exact) mass is 98.1 g/mol. The molecule has 0 unspecified atom stereocenters. The zero-order chi connectivity index (χ0) is 0. The molecule has 0 saturated heterocycles. The molecule has 0 heterocycles. The third-order valence-corrected chi connectivity index (χ3v) is 0. The molecular weight excluding hydrogens is 89.1 g/mol. The fourth-order valence-electron chi connectivity index (χ4n) is 0. The van der Waals surface area contributed by atoms with Gasteiger partial charge in [-0.1, -0.05) is 8.41 Å². The van der Waals surface area contributed by atoms with E-state index in [9.17, 15) is 0 Å². The van der Waals surface area contributed by atoms with Gasteiger partial charge in [0.25, 0.3) is 0 Å².